The van der Waals surface area contributed by atoms with Crippen molar-refractivity contribution in [1.82, 2.24) is 15.1 Å². The van der Waals surface area contributed by atoms with Crippen LogP contribution in [-0.4, -0.2) is 22.9 Å². The number of nitrogens with one attached hydrogen (secondary N) is 2. The van der Waals surface area contributed by atoms with E-state index in [4.69, 9.17) is 0 Å². The van der Waals surface area contributed by atoms with Crippen molar-refractivity contribution < 1.29 is 0 Å². The normalized spacial score (nSPS) is 19.6. The topological polar surface area (TPSA) is 49.8 Å². The Morgan fingerprint density at radius 1 is 1.24 bits per heavy atom. The lowest BCUT2D eigenvalue weighted by molar-refractivity contribution is 0.487. The number of hydrogen-bond donors (Lipinski definition) is 2. The van der Waals surface area contributed by atoms with Crippen molar-refractivity contribution in [1.29, 1.82) is 0 Å². The summed E-state index contributed by atoms with van der Waals surface area (Å²) in [6.45, 7) is 1.95. The molecule has 2 heterocycles. The molecule has 0 bridgehead atoms. The number of aromatic amines is 1. The zero-order valence-electron chi connectivity index (χ0n) is 9.52. The Bertz CT molecular complexity index is 550. The molecule has 1 saturated heterocycles. The second-order valence-corrected chi connectivity index (χ2v) is 4.40. The predicted molar refractivity (Wildman–Crippen MR) is 67.0 cm³/mol. The van der Waals surface area contributed by atoms with Gasteiger partial charge >= 0.3 is 0 Å². The van der Waals surface area contributed by atoms with Crippen molar-refractivity contribution in [3.05, 3.63) is 46.9 Å². The Kier molecular flexibility index (Phi) is 2.57. The number of aromatic nitrogens is 2. The van der Waals surface area contributed by atoms with Crippen molar-refractivity contribution in [2.45, 2.75) is 12.5 Å². The van der Waals surface area contributed by atoms with Crippen LogP contribution in [0, 0.1) is 0 Å². The van der Waals surface area contributed by atoms with E-state index in [1.54, 1.807) is 0 Å². The number of hydrogen-bond acceptors (Lipinski definition) is 2. The van der Waals surface area contributed by atoms with E-state index in [1.165, 1.54) is 0 Å². The van der Waals surface area contributed by atoms with Gasteiger partial charge in [0.2, 0.25) is 0 Å². The number of benzene rings is 1. The fourth-order valence-electron chi connectivity index (χ4n) is 2.30. The van der Waals surface area contributed by atoms with Gasteiger partial charge in [-0.15, -0.1) is 0 Å². The predicted octanol–water partition coefficient (Wildman–Crippen LogP) is 1.38. The first-order chi connectivity index (χ1) is 8.34. The summed E-state index contributed by atoms with van der Waals surface area (Å²) in [5.74, 6) is 0. The molecule has 4 heteroatoms. The molecule has 1 fully saturated rings. The quantitative estimate of drug-likeness (QED) is 0.817. The zero-order chi connectivity index (χ0) is 11.7. The third-order valence-electron chi connectivity index (χ3n) is 3.26. The number of rotatable bonds is 2. The summed E-state index contributed by atoms with van der Waals surface area (Å²) in [5, 5.41) is 6.20. The summed E-state index contributed by atoms with van der Waals surface area (Å²) in [6.07, 6.45) is 2.99. The van der Waals surface area contributed by atoms with Crippen LogP contribution in [0.15, 0.2) is 41.3 Å². The van der Waals surface area contributed by atoms with Crippen LogP contribution in [0.5, 0.6) is 0 Å². The van der Waals surface area contributed by atoms with Crippen molar-refractivity contribution in [2.75, 3.05) is 13.1 Å². The van der Waals surface area contributed by atoms with Crippen LogP contribution < -0.4 is 10.9 Å². The van der Waals surface area contributed by atoms with E-state index in [1.807, 2.05) is 41.2 Å². The van der Waals surface area contributed by atoms with Gasteiger partial charge in [-0.2, -0.15) is 0 Å². The van der Waals surface area contributed by atoms with Crippen molar-refractivity contribution in [2.24, 2.45) is 0 Å². The minimum absolute atomic E-state index is 0.0110. The molecule has 1 aliphatic heterocycles. The fourth-order valence-corrected chi connectivity index (χ4v) is 2.30. The maximum Gasteiger partial charge on any atom is 0.271 e. The SMILES string of the molecule is O=c1[nH]n(C2CCNC2)cc1-c1ccccc1. The highest BCUT2D eigenvalue weighted by Gasteiger charge is 2.18. The molecule has 1 aliphatic rings. The second-order valence-electron chi connectivity index (χ2n) is 4.40. The van der Waals surface area contributed by atoms with E-state index in [0.717, 1.165) is 30.6 Å². The first-order valence-electron chi connectivity index (χ1n) is 5.92. The highest BCUT2D eigenvalue weighted by molar-refractivity contribution is 5.61. The van der Waals surface area contributed by atoms with Gasteiger partial charge in [0.15, 0.2) is 0 Å². The molecule has 0 spiro atoms. The van der Waals surface area contributed by atoms with E-state index in [-0.39, 0.29) is 5.56 Å². The van der Waals surface area contributed by atoms with Gasteiger partial charge in [0, 0.05) is 12.7 Å². The largest absolute Gasteiger partial charge is 0.315 e. The molecule has 2 N–H and O–H groups in total. The van der Waals surface area contributed by atoms with E-state index in [2.05, 4.69) is 10.4 Å². The van der Waals surface area contributed by atoms with Crippen molar-refractivity contribution in [3.63, 3.8) is 0 Å². The summed E-state index contributed by atoms with van der Waals surface area (Å²) < 4.78 is 1.94. The molecule has 0 radical (unpaired) electrons. The maximum absolute atomic E-state index is 11.9. The van der Waals surface area contributed by atoms with Crippen LogP contribution in [0.4, 0.5) is 0 Å². The Morgan fingerprint density at radius 2 is 2.06 bits per heavy atom. The molecule has 0 aliphatic carbocycles. The smallest absolute Gasteiger partial charge is 0.271 e. The first kappa shape index (κ1) is 10.4. The second kappa shape index (κ2) is 4.22. The number of H-pyrrole nitrogens is 1. The molecule has 3 rings (SSSR count). The summed E-state index contributed by atoms with van der Waals surface area (Å²) in [6, 6.07) is 10.1. The van der Waals surface area contributed by atoms with Gasteiger partial charge in [0.25, 0.3) is 5.56 Å². The minimum atomic E-state index is -0.0110. The Balaban J connectivity index is 1.99. The third-order valence-corrected chi connectivity index (χ3v) is 3.26. The number of nitrogens with zero attached hydrogens (tertiary/aromatic N) is 1. The lowest BCUT2D eigenvalue weighted by Crippen LogP contribution is -2.15. The Hall–Kier alpha value is -1.81. The summed E-state index contributed by atoms with van der Waals surface area (Å²) in [4.78, 5) is 11.9. The van der Waals surface area contributed by atoms with Gasteiger partial charge < -0.3 is 5.32 Å². The van der Waals surface area contributed by atoms with Crippen LogP contribution >= 0.6 is 0 Å². The van der Waals surface area contributed by atoms with E-state index < -0.39 is 0 Å². The average molecular weight is 229 g/mol. The molecule has 0 saturated carbocycles. The minimum Gasteiger partial charge on any atom is -0.315 e. The molecule has 1 aromatic carbocycles. The van der Waals surface area contributed by atoms with Gasteiger partial charge in [-0.3, -0.25) is 14.6 Å². The van der Waals surface area contributed by atoms with E-state index >= 15 is 0 Å². The summed E-state index contributed by atoms with van der Waals surface area (Å²) in [5.41, 5.74) is 1.71. The molecule has 0 amide bonds. The van der Waals surface area contributed by atoms with Gasteiger partial charge in [-0.05, 0) is 18.5 Å². The fraction of sp³-hybridized carbons (Fsp3) is 0.308. The van der Waals surface area contributed by atoms with Crippen LogP contribution in [0.25, 0.3) is 11.1 Å². The molecule has 17 heavy (non-hydrogen) atoms. The highest BCUT2D eigenvalue weighted by Crippen LogP contribution is 2.18. The Morgan fingerprint density at radius 3 is 2.76 bits per heavy atom. The van der Waals surface area contributed by atoms with Crippen LogP contribution in [0.3, 0.4) is 0 Å². The molecule has 1 atom stereocenters. The van der Waals surface area contributed by atoms with Gasteiger partial charge in [0.1, 0.15) is 0 Å². The molecular formula is C13H15N3O. The molecular weight excluding hydrogens is 214 g/mol. The highest BCUT2D eigenvalue weighted by atomic mass is 16.1. The van der Waals surface area contributed by atoms with E-state index in [9.17, 15) is 4.79 Å². The summed E-state index contributed by atoms with van der Waals surface area (Å²) in [7, 11) is 0. The van der Waals surface area contributed by atoms with Gasteiger partial charge in [-0.25, -0.2) is 0 Å². The lowest BCUT2D eigenvalue weighted by Gasteiger charge is -2.08. The summed E-state index contributed by atoms with van der Waals surface area (Å²) >= 11 is 0. The monoisotopic (exact) mass is 229 g/mol. The van der Waals surface area contributed by atoms with Crippen molar-refractivity contribution >= 4 is 0 Å². The standard InChI is InChI=1S/C13H15N3O/c17-13-12(10-4-2-1-3-5-10)9-16(15-13)11-6-7-14-8-11/h1-5,9,11,14H,6-8H2,(H,15,17). The Labute approximate surface area is 99.3 Å². The lowest BCUT2D eigenvalue weighted by atomic mass is 10.1. The van der Waals surface area contributed by atoms with Crippen LogP contribution in [0.2, 0.25) is 0 Å². The molecule has 88 valence electrons. The molecule has 4 nitrogen and oxygen atoms in total. The first-order valence-corrected chi connectivity index (χ1v) is 5.92. The molecule has 1 unspecified atom stereocenters. The third kappa shape index (κ3) is 1.91. The maximum atomic E-state index is 11.9. The van der Waals surface area contributed by atoms with E-state index in [0.29, 0.717) is 6.04 Å². The molecule has 1 aromatic heterocycles. The van der Waals surface area contributed by atoms with Crippen molar-refractivity contribution in [3.8, 4) is 11.1 Å². The zero-order valence-corrected chi connectivity index (χ0v) is 9.52. The average Bonchev–Trinajstić information content (AvgIpc) is 2.99. The van der Waals surface area contributed by atoms with Gasteiger partial charge in [0.05, 0.1) is 11.6 Å². The van der Waals surface area contributed by atoms with Gasteiger partial charge in [-0.1, -0.05) is 30.3 Å². The van der Waals surface area contributed by atoms with Crippen LogP contribution in [0.1, 0.15) is 12.5 Å². The van der Waals surface area contributed by atoms with Crippen LogP contribution in [-0.2, 0) is 0 Å². The molecule has 2 aromatic rings.